The van der Waals surface area contributed by atoms with Gasteiger partial charge in [-0.1, -0.05) is 0 Å². The molecule has 92 valence electrons. The average Bonchev–Trinajstić information content (AvgIpc) is 2.89. The van der Waals surface area contributed by atoms with Gasteiger partial charge in [0.15, 0.2) is 0 Å². The standard InChI is InChI=1S/C13H16BrNS2/c1-9(5-11-3-4-16-7-11)15-10(2)13-6-12(14)8-17-13/h3-4,6-10,15H,5H2,1-2H3. The predicted molar refractivity (Wildman–Crippen MR) is 81.1 cm³/mol. The maximum absolute atomic E-state index is 3.64. The van der Waals surface area contributed by atoms with Gasteiger partial charge in [-0.25, -0.2) is 0 Å². The lowest BCUT2D eigenvalue weighted by Gasteiger charge is -2.18. The van der Waals surface area contributed by atoms with Crippen molar-refractivity contribution in [2.75, 3.05) is 0 Å². The summed E-state index contributed by atoms with van der Waals surface area (Å²) in [6.07, 6.45) is 1.10. The lowest BCUT2D eigenvalue weighted by atomic mass is 10.1. The number of hydrogen-bond donors (Lipinski definition) is 1. The number of hydrogen-bond acceptors (Lipinski definition) is 3. The van der Waals surface area contributed by atoms with Crippen molar-refractivity contribution < 1.29 is 0 Å². The van der Waals surface area contributed by atoms with Crippen LogP contribution in [0.4, 0.5) is 0 Å². The Morgan fingerprint density at radius 1 is 1.35 bits per heavy atom. The normalized spacial score (nSPS) is 14.8. The minimum Gasteiger partial charge on any atom is -0.307 e. The molecule has 4 heteroatoms. The summed E-state index contributed by atoms with van der Waals surface area (Å²) >= 11 is 7.07. The van der Waals surface area contributed by atoms with E-state index in [4.69, 9.17) is 0 Å². The molecular formula is C13H16BrNS2. The number of thiophene rings is 2. The summed E-state index contributed by atoms with van der Waals surface area (Å²) in [4.78, 5) is 1.38. The van der Waals surface area contributed by atoms with Crippen LogP contribution in [0.1, 0.15) is 30.3 Å². The van der Waals surface area contributed by atoms with Gasteiger partial charge in [-0.3, -0.25) is 0 Å². The van der Waals surface area contributed by atoms with E-state index >= 15 is 0 Å². The van der Waals surface area contributed by atoms with Crippen LogP contribution < -0.4 is 5.32 Å². The van der Waals surface area contributed by atoms with E-state index in [0.717, 1.165) is 6.42 Å². The van der Waals surface area contributed by atoms with Crippen LogP contribution in [0.25, 0.3) is 0 Å². The van der Waals surface area contributed by atoms with E-state index < -0.39 is 0 Å². The molecule has 2 heterocycles. The highest BCUT2D eigenvalue weighted by molar-refractivity contribution is 9.10. The molecule has 2 atom stereocenters. The van der Waals surface area contributed by atoms with Gasteiger partial charge in [-0.05, 0) is 64.7 Å². The molecule has 0 saturated heterocycles. The van der Waals surface area contributed by atoms with Gasteiger partial charge in [0.2, 0.25) is 0 Å². The van der Waals surface area contributed by atoms with Crippen LogP contribution in [0.2, 0.25) is 0 Å². The smallest absolute Gasteiger partial charge is 0.0388 e. The van der Waals surface area contributed by atoms with Gasteiger partial charge in [0.05, 0.1) is 0 Å². The average molecular weight is 330 g/mol. The van der Waals surface area contributed by atoms with Crippen LogP contribution in [-0.2, 0) is 6.42 Å². The third-order valence-corrected chi connectivity index (χ3v) is 5.28. The maximum Gasteiger partial charge on any atom is 0.0388 e. The Morgan fingerprint density at radius 2 is 2.18 bits per heavy atom. The second kappa shape index (κ2) is 6.14. The highest BCUT2D eigenvalue weighted by atomic mass is 79.9. The topological polar surface area (TPSA) is 12.0 Å². The molecule has 2 rings (SSSR count). The molecular weight excluding hydrogens is 314 g/mol. The molecule has 2 aromatic rings. The largest absolute Gasteiger partial charge is 0.307 e. The zero-order valence-corrected chi connectivity index (χ0v) is 13.2. The SMILES string of the molecule is CC(Cc1ccsc1)NC(C)c1cc(Br)cs1. The molecule has 0 amide bonds. The summed E-state index contributed by atoms with van der Waals surface area (Å²) < 4.78 is 1.18. The fourth-order valence-corrected chi connectivity index (χ4v) is 4.03. The molecule has 0 spiro atoms. The van der Waals surface area contributed by atoms with Crippen molar-refractivity contribution in [2.24, 2.45) is 0 Å². The molecule has 2 aromatic heterocycles. The Morgan fingerprint density at radius 3 is 2.76 bits per heavy atom. The third-order valence-electron chi connectivity index (χ3n) is 2.67. The van der Waals surface area contributed by atoms with Crippen molar-refractivity contribution in [3.63, 3.8) is 0 Å². The van der Waals surface area contributed by atoms with Crippen molar-refractivity contribution in [3.8, 4) is 0 Å². The van der Waals surface area contributed by atoms with Crippen molar-refractivity contribution in [1.82, 2.24) is 5.32 Å². The number of nitrogens with one attached hydrogen (secondary N) is 1. The van der Waals surface area contributed by atoms with Gasteiger partial charge < -0.3 is 5.32 Å². The van der Waals surface area contributed by atoms with E-state index in [9.17, 15) is 0 Å². The summed E-state index contributed by atoms with van der Waals surface area (Å²) in [5.74, 6) is 0. The van der Waals surface area contributed by atoms with E-state index in [0.29, 0.717) is 12.1 Å². The Hall–Kier alpha value is -0.160. The first kappa shape index (κ1) is 13.3. The summed E-state index contributed by atoms with van der Waals surface area (Å²) in [7, 11) is 0. The second-order valence-electron chi connectivity index (χ2n) is 4.29. The Labute approximate surface area is 119 Å². The third kappa shape index (κ3) is 3.91. The molecule has 0 saturated carbocycles. The van der Waals surface area contributed by atoms with Crippen molar-refractivity contribution in [1.29, 1.82) is 0 Å². The number of rotatable bonds is 5. The first-order valence-electron chi connectivity index (χ1n) is 5.66. The van der Waals surface area contributed by atoms with Crippen LogP contribution in [0.3, 0.4) is 0 Å². The summed E-state index contributed by atoms with van der Waals surface area (Å²) in [5.41, 5.74) is 1.43. The molecule has 1 N–H and O–H groups in total. The van der Waals surface area contributed by atoms with Gasteiger partial charge in [0.25, 0.3) is 0 Å². The molecule has 0 aliphatic heterocycles. The first-order chi connectivity index (χ1) is 8.15. The lowest BCUT2D eigenvalue weighted by molar-refractivity contribution is 0.482. The molecule has 0 aromatic carbocycles. The van der Waals surface area contributed by atoms with Crippen LogP contribution in [0.5, 0.6) is 0 Å². The molecule has 17 heavy (non-hydrogen) atoms. The quantitative estimate of drug-likeness (QED) is 0.826. The molecule has 1 nitrogen and oxygen atoms in total. The van der Waals surface area contributed by atoms with Gasteiger partial charge in [-0.2, -0.15) is 11.3 Å². The summed E-state index contributed by atoms with van der Waals surface area (Å²) in [6, 6.07) is 5.31. The van der Waals surface area contributed by atoms with E-state index in [2.05, 4.69) is 63.4 Å². The monoisotopic (exact) mass is 329 g/mol. The van der Waals surface area contributed by atoms with E-state index in [1.165, 1.54) is 14.9 Å². The van der Waals surface area contributed by atoms with Crippen molar-refractivity contribution >= 4 is 38.6 Å². The molecule has 0 aliphatic carbocycles. The van der Waals surface area contributed by atoms with Gasteiger partial charge in [0, 0.05) is 26.8 Å². The zero-order chi connectivity index (χ0) is 12.3. The molecule has 0 bridgehead atoms. The first-order valence-corrected chi connectivity index (χ1v) is 8.27. The Kier molecular flexibility index (Phi) is 4.79. The Balaban J connectivity index is 1.88. The second-order valence-corrected chi connectivity index (χ2v) is 6.93. The zero-order valence-electron chi connectivity index (χ0n) is 9.94. The maximum atomic E-state index is 3.64. The fraction of sp³-hybridized carbons (Fsp3) is 0.385. The molecule has 2 unspecified atom stereocenters. The van der Waals surface area contributed by atoms with E-state index in [1.54, 1.807) is 22.7 Å². The highest BCUT2D eigenvalue weighted by Crippen LogP contribution is 2.25. The minimum absolute atomic E-state index is 0.417. The highest BCUT2D eigenvalue weighted by Gasteiger charge is 2.11. The molecule has 0 fully saturated rings. The van der Waals surface area contributed by atoms with E-state index in [1.807, 2.05) is 0 Å². The van der Waals surface area contributed by atoms with Gasteiger partial charge >= 0.3 is 0 Å². The molecule has 0 aliphatic rings. The minimum atomic E-state index is 0.417. The fourth-order valence-electron chi connectivity index (χ4n) is 1.89. The molecule has 0 radical (unpaired) electrons. The Bertz CT molecular complexity index is 450. The van der Waals surface area contributed by atoms with Gasteiger partial charge in [0.1, 0.15) is 0 Å². The lowest BCUT2D eigenvalue weighted by Crippen LogP contribution is -2.30. The van der Waals surface area contributed by atoms with Crippen LogP contribution in [0.15, 0.2) is 32.7 Å². The summed E-state index contributed by atoms with van der Waals surface area (Å²) in [6.45, 7) is 4.47. The predicted octanol–water partition coefficient (Wildman–Crippen LogP) is 4.85. The van der Waals surface area contributed by atoms with E-state index in [-0.39, 0.29) is 0 Å². The van der Waals surface area contributed by atoms with Crippen molar-refractivity contribution in [2.45, 2.75) is 32.4 Å². The van der Waals surface area contributed by atoms with Crippen LogP contribution in [0, 0.1) is 0 Å². The number of halogens is 1. The van der Waals surface area contributed by atoms with Crippen molar-refractivity contribution in [3.05, 3.63) is 43.2 Å². The van der Waals surface area contributed by atoms with Gasteiger partial charge in [-0.15, -0.1) is 11.3 Å². The summed E-state index contributed by atoms with van der Waals surface area (Å²) in [5, 5.41) is 10.1. The van der Waals surface area contributed by atoms with Crippen LogP contribution >= 0.6 is 38.6 Å². The van der Waals surface area contributed by atoms with Crippen LogP contribution in [-0.4, -0.2) is 6.04 Å².